The molecular formula is C17H27ClN2O3. The Hall–Kier alpha value is -1.46. The van der Waals surface area contributed by atoms with E-state index < -0.39 is 0 Å². The zero-order valence-electron chi connectivity index (χ0n) is 14.1. The largest absolute Gasteiger partial charge is 0.493 e. The molecule has 130 valence electrons. The van der Waals surface area contributed by atoms with E-state index in [4.69, 9.17) is 9.47 Å². The molecule has 2 atom stereocenters. The molecule has 1 amide bonds. The first kappa shape index (κ1) is 19.6. The molecule has 0 aliphatic carbocycles. The highest BCUT2D eigenvalue weighted by atomic mass is 35.5. The quantitative estimate of drug-likeness (QED) is 0.832. The van der Waals surface area contributed by atoms with Crippen LogP contribution in [0, 0.1) is 5.92 Å². The summed E-state index contributed by atoms with van der Waals surface area (Å²) >= 11 is 0. The molecule has 2 rings (SSSR count). The van der Waals surface area contributed by atoms with Crippen molar-refractivity contribution >= 4 is 18.3 Å². The summed E-state index contributed by atoms with van der Waals surface area (Å²) in [6.45, 7) is 4.12. The van der Waals surface area contributed by atoms with Crippen LogP contribution in [-0.2, 0) is 11.2 Å². The van der Waals surface area contributed by atoms with Crippen molar-refractivity contribution in [2.24, 2.45) is 5.92 Å². The van der Waals surface area contributed by atoms with Gasteiger partial charge in [0, 0.05) is 12.5 Å². The van der Waals surface area contributed by atoms with Gasteiger partial charge in [0.2, 0.25) is 5.91 Å². The van der Waals surface area contributed by atoms with Crippen LogP contribution in [0.5, 0.6) is 11.5 Å². The van der Waals surface area contributed by atoms with Crippen molar-refractivity contribution in [3.05, 3.63) is 23.8 Å². The van der Waals surface area contributed by atoms with Gasteiger partial charge in [0.15, 0.2) is 11.5 Å². The Morgan fingerprint density at radius 3 is 2.70 bits per heavy atom. The Kier molecular flexibility index (Phi) is 8.20. The van der Waals surface area contributed by atoms with Gasteiger partial charge < -0.3 is 20.1 Å². The predicted octanol–water partition coefficient (Wildman–Crippen LogP) is 2.17. The first-order valence-corrected chi connectivity index (χ1v) is 7.85. The van der Waals surface area contributed by atoms with Gasteiger partial charge in [-0.3, -0.25) is 4.79 Å². The predicted molar refractivity (Wildman–Crippen MR) is 93.7 cm³/mol. The molecule has 1 aliphatic heterocycles. The zero-order valence-corrected chi connectivity index (χ0v) is 14.9. The maximum atomic E-state index is 12.1. The van der Waals surface area contributed by atoms with Crippen LogP contribution in [-0.4, -0.2) is 39.3 Å². The third-order valence-electron chi connectivity index (χ3n) is 4.22. The highest BCUT2D eigenvalue weighted by molar-refractivity contribution is 5.85. The molecule has 1 saturated heterocycles. The van der Waals surface area contributed by atoms with Crippen LogP contribution < -0.4 is 20.1 Å². The number of piperidine rings is 1. The lowest BCUT2D eigenvalue weighted by molar-refractivity contribution is -0.122. The molecule has 1 aliphatic rings. The lowest BCUT2D eigenvalue weighted by atomic mass is 9.95. The maximum Gasteiger partial charge on any atom is 0.220 e. The highest BCUT2D eigenvalue weighted by Crippen LogP contribution is 2.27. The Morgan fingerprint density at radius 1 is 1.30 bits per heavy atom. The van der Waals surface area contributed by atoms with Crippen LogP contribution in [0.4, 0.5) is 0 Å². The number of hydrogen-bond acceptors (Lipinski definition) is 4. The molecule has 1 fully saturated rings. The number of hydrogen-bond donors (Lipinski definition) is 2. The summed E-state index contributed by atoms with van der Waals surface area (Å²) in [6.07, 6.45) is 2.20. The number of ether oxygens (including phenoxy) is 2. The van der Waals surface area contributed by atoms with Crippen LogP contribution >= 0.6 is 12.4 Å². The van der Waals surface area contributed by atoms with Gasteiger partial charge in [-0.05, 0) is 49.5 Å². The molecule has 5 nitrogen and oxygen atoms in total. The Bertz CT molecular complexity index is 511. The van der Waals surface area contributed by atoms with Crippen molar-refractivity contribution in [1.82, 2.24) is 10.6 Å². The second kappa shape index (κ2) is 9.63. The molecule has 0 radical (unpaired) electrons. The summed E-state index contributed by atoms with van der Waals surface area (Å²) in [7, 11) is 3.23. The molecule has 2 N–H and O–H groups in total. The fourth-order valence-electron chi connectivity index (χ4n) is 2.80. The number of methoxy groups -OCH3 is 2. The monoisotopic (exact) mass is 342 g/mol. The molecule has 1 aromatic rings. The third-order valence-corrected chi connectivity index (χ3v) is 4.22. The van der Waals surface area contributed by atoms with Gasteiger partial charge in [-0.1, -0.05) is 13.0 Å². The highest BCUT2D eigenvalue weighted by Gasteiger charge is 2.22. The number of amides is 1. The summed E-state index contributed by atoms with van der Waals surface area (Å²) in [5.74, 6) is 2.01. The normalized spacial score (nSPS) is 20.3. The van der Waals surface area contributed by atoms with Gasteiger partial charge in [-0.2, -0.15) is 0 Å². The number of carbonyl (C=O) groups excluding carboxylic acids is 1. The lowest BCUT2D eigenvalue weighted by Gasteiger charge is -2.30. The van der Waals surface area contributed by atoms with Gasteiger partial charge in [-0.15, -0.1) is 12.4 Å². The van der Waals surface area contributed by atoms with E-state index >= 15 is 0 Å². The van der Waals surface area contributed by atoms with Crippen molar-refractivity contribution in [3.8, 4) is 11.5 Å². The van der Waals surface area contributed by atoms with Crippen molar-refractivity contribution in [2.75, 3.05) is 27.3 Å². The number of carbonyl (C=O) groups is 1. The first-order chi connectivity index (χ1) is 10.6. The number of aryl methyl sites for hydroxylation is 1. The fraction of sp³-hybridized carbons (Fsp3) is 0.588. The van der Waals surface area contributed by atoms with E-state index in [1.54, 1.807) is 14.2 Å². The molecule has 1 aromatic carbocycles. The fourth-order valence-corrected chi connectivity index (χ4v) is 2.80. The molecule has 0 saturated carbocycles. The second-order valence-electron chi connectivity index (χ2n) is 5.83. The van der Waals surface area contributed by atoms with E-state index in [0.29, 0.717) is 36.3 Å². The van der Waals surface area contributed by atoms with Crippen LogP contribution in [0.25, 0.3) is 0 Å². The summed E-state index contributed by atoms with van der Waals surface area (Å²) in [4.78, 5) is 12.1. The number of nitrogens with one attached hydrogen (secondary N) is 2. The van der Waals surface area contributed by atoms with E-state index in [-0.39, 0.29) is 18.3 Å². The summed E-state index contributed by atoms with van der Waals surface area (Å²) in [5, 5.41) is 6.50. The SMILES string of the molecule is COc1ccc(CCC(=O)NC2CCNCC2C)cc1OC.Cl. The number of halogens is 1. The zero-order chi connectivity index (χ0) is 15.9. The van der Waals surface area contributed by atoms with Crippen LogP contribution in [0.3, 0.4) is 0 Å². The topological polar surface area (TPSA) is 59.6 Å². The van der Waals surface area contributed by atoms with Gasteiger partial charge in [0.25, 0.3) is 0 Å². The Labute approximate surface area is 144 Å². The minimum atomic E-state index is 0. The Morgan fingerprint density at radius 2 is 2.04 bits per heavy atom. The standard InChI is InChI=1S/C17H26N2O3.ClH/c1-12-11-18-9-8-14(12)19-17(20)7-5-13-4-6-15(21-2)16(10-13)22-3;/h4,6,10,12,14,18H,5,7-9,11H2,1-3H3,(H,19,20);1H. The molecule has 0 aromatic heterocycles. The average molecular weight is 343 g/mol. The first-order valence-electron chi connectivity index (χ1n) is 7.85. The van der Waals surface area contributed by atoms with E-state index in [1.807, 2.05) is 18.2 Å². The number of benzene rings is 1. The van der Waals surface area contributed by atoms with Gasteiger partial charge in [0.05, 0.1) is 14.2 Å². The van der Waals surface area contributed by atoms with E-state index in [9.17, 15) is 4.79 Å². The average Bonchev–Trinajstić information content (AvgIpc) is 2.54. The minimum absolute atomic E-state index is 0. The van der Waals surface area contributed by atoms with E-state index in [1.165, 1.54) is 0 Å². The molecule has 2 unspecified atom stereocenters. The van der Waals surface area contributed by atoms with Gasteiger partial charge in [-0.25, -0.2) is 0 Å². The van der Waals surface area contributed by atoms with Gasteiger partial charge in [0.1, 0.15) is 0 Å². The third kappa shape index (κ3) is 5.59. The van der Waals surface area contributed by atoms with E-state index in [0.717, 1.165) is 25.1 Å². The minimum Gasteiger partial charge on any atom is -0.493 e. The molecule has 6 heteroatoms. The molecule has 1 heterocycles. The van der Waals surface area contributed by atoms with Crippen LogP contribution in [0.15, 0.2) is 18.2 Å². The van der Waals surface area contributed by atoms with Crippen LogP contribution in [0.1, 0.15) is 25.3 Å². The summed E-state index contributed by atoms with van der Waals surface area (Å²) < 4.78 is 10.5. The Balaban J connectivity index is 0.00000264. The van der Waals surface area contributed by atoms with Crippen molar-refractivity contribution in [2.45, 2.75) is 32.2 Å². The molecule has 23 heavy (non-hydrogen) atoms. The van der Waals surface area contributed by atoms with Crippen LogP contribution in [0.2, 0.25) is 0 Å². The smallest absolute Gasteiger partial charge is 0.220 e. The molecule has 0 bridgehead atoms. The van der Waals surface area contributed by atoms with E-state index in [2.05, 4.69) is 17.6 Å². The summed E-state index contributed by atoms with van der Waals surface area (Å²) in [6, 6.07) is 6.07. The summed E-state index contributed by atoms with van der Waals surface area (Å²) in [5.41, 5.74) is 1.08. The van der Waals surface area contributed by atoms with Crippen molar-refractivity contribution in [1.29, 1.82) is 0 Å². The second-order valence-corrected chi connectivity index (χ2v) is 5.83. The lowest BCUT2D eigenvalue weighted by Crippen LogP contribution is -2.48. The number of rotatable bonds is 6. The maximum absolute atomic E-state index is 12.1. The molecule has 0 spiro atoms. The van der Waals surface area contributed by atoms with Gasteiger partial charge >= 0.3 is 0 Å². The van der Waals surface area contributed by atoms with Crippen molar-refractivity contribution < 1.29 is 14.3 Å². The molecular weight excluding hydrogens is 316 g/mol. The van der Waals surface area contributed by atoms with Crippen molar-refractivity contribution in [3.63, 3.8) is 0 Å².